The average molecular weight is 446 g/mol. The molecule has 1 fully saturated rings. The summed E-state index contributed by atoms with van der Waals surface area (Å²) in [6.07, 6.45) is 5.57. The van der Waals surface area contributed by atoms with Crippen molar-refractivity contribution in [3.8, 4) is 11.1 Å². The van der Waals surface area contributed by atoms with Gasteiger partial charge in [-0.05, 0) is 74.2 Å². The number of nitrogen functional groups attached to an aromatic ring is 1. The molecule has 0 bridgehead atoms. The van der Waals surface area contributed by atoms with Gasteiger partial charge in [0.1, 0.15) is 11.3 Å². The van der Waals surface area contributed by atoms with Crippen molar-refractivity contribution in [1.29, 1.82) is 0 Å². The van der Waals surface area contributed by atoms with Crippen LogP contribution >= 0.6 is 0 Å². The van der Waals surface area contributed by atoms with Gasteiger partial charge in [-0.25, -0.2) is 4.98 Å². The first-order chi connectivity index (χ1) is 16.1. The average Bonchev–Trinajstić information content (AvgIpc) is 3.43. The Balaban J connectivity index is 1.30. The fraction of sp³-hybridized carbons (Fsp3) is 0.400. The molecule has 33 heavy (non-hydrogen) atoms. The summed E-state index contributed by atoms with van der Waals surface area (Å²) >= 11 is 0. The van der Waals surface area contributed by atoms with Crippen molar-refractivity contribution < 1.29 is 4.42 Å². The van der Waals surface area contributed by atoms with Crippen molar-refractivity contribution in [2.75, 3.05) is 50.4 Å². The number of oxazole rings is 1. The highest BCUT2D eigenvalue weighted by molar-refractivity contribution is 5.86. The summed E-state index contributed by atoms with van der Waals surface area (Å²) in [5.41, 5.74) is 16.7. The summed E-state index contributed by atoms with van der Waals surface area (Å²) in [5.74, 6) is 1.67. The molecular formula is C25H31N7O. The van der Waals surface area contributed by atoms with Crippen LogP contribution in [0.4, 0.5) is 11.8 Å². The number of nitrogens with zero attached hydrogens (tertiary/aromatic N) is 5. The molecule has 0 radical (unpaired) electrons. The lowest BCUT2D eigenvalue weighted by Crippen LogP contribution is -2.27. The molecule has 0 aliphatic carbocycles. The van der Waals surface area contributed by atoms with Crippen LogP contribution in [0, 0.1) is 5.92 Å². The Kier molecular flexibility index (Phi) is 6.11. The van der Waals surface area contributed by atoms with Crippen LogP contribution in [0.3, 0.4) is 0 Å². The zero-order valence-electron chi connectivity index (χ0n) is 19.1. The van der Waals surface area contributed by atoms with Gasteiger partial charge in [0, 0.05) is 26.2 Å². The molecule has 1 aliphatic rings. The van der Waals surface area contributed by atoms with Gasteiger partial charge in [-0.15, -0.1) is 0 Å². The Morgan fingerprint density at radius 1 is 1.06 bits per heavy atom. The highest BCUT2D eigenvalue weighted by Crippen LogP contribution is 2.29. The summed E-state index contributed by atoms with van der Waals surface area (Å²) in [5, 5.41) is 0. The van der Waals surface area contributed by atoms with Crippen molar-refractivity contribution in [1.82, 2.24) is 19.9 Å². The Morgan fingerprint density at radius 2 is 1.88 bits per heavy atom. The molecule has 1 aliphatic heterocycles. The van der Waals surface area contributed by atoms with Gasteiger partial charge in [0.2, 0.25) is 0 Å². The van der Waals surface area contributed by atoms with Crippen LogP contribution in [0.15, 0.2) is 47.0 Å². The second-order valence-corrected chi connectivity index (χ2v) is 9.00. The molecule has 172 valence electrons. The van der Waals surface area contributed by atoms with Crippen molar-refractivity contribution in [3.05, 3.63) is 42.6 Å². The first kappa shape index (κ1) is 21.6. The van der Waals surface area contributed by atoms with E-state index < -0.39 is 0 Å². The van der Waals surface area contributed by atoms with E-state index in [0.29, 0.717) is 11.5 Å². The minimum atomic E-state index is 0.183. The summed E-state index contributed by atoms with van der Waals surface area (Å²) in [4.78, 5) is 18.6. The SMILES string of the molecule is CN(CCN)CCC[C@@H]1CCN(c2cnc3ccc(-c4ccc5oc(N)nc5c4)cc3n2)C1. The second-order valence-electron chi connectivity index (χ2n) is 9.00. The number of hydrogen-bond acceptors (Lipinski definition) is 8. The Labute approximate surface area is 193 Å². The standard InChI is InChI=1S/C25H31N7O/c1-31(12-9-26)10-2-3-17-8-11-32(16-17)24-15-28-20-6-4-18(13-21(20)29-24)19-5-7-23-22(14-19)30-25(27)33-23/h4-7,13-15,17H,2-3,8-12,16,26H2,1H3,(H2,27,30)/t17-/m1/s1. The molecule has 0 amide bonds. The Hall–Kier alpha value is -3.23. The van der Waals surface area contributed by atoms with E-state index in [-0.39, 0.29) is 6.01 Å². The number of likely N-dealkylation sites (N-methyl/N-ethyl adjacent to an activating group) is 1. The van der Waals surface area contributed by atoms with E-state index in [9.17, 15) is 0 Å². The number of fused-ring (bicyclic) bond motifs is 2. The smallest absolute Gasteiger partial charge is 0.292 e. The number of aromatic nitrogens is 3. The lowest BCUT2D eigenvalue weighted by atomic mass is 10.0. The number of nitrogens with two attached hydrogens (primary N) is 2. The minimum absolute atomic E-state index is 0.183. The van der Waals surface area contributed by atoms with E-state index in [4.69, 9.17) is 20.9 Å². The predicted octanol–water partition coefficient (Wildman–Crippen LogP) is 3.52. The van der Waals surface area contributed by atoms with E-state index >= 15 is 0 Å². The zero-order valence-corrected chi connectivity index (χ0v) is 19.1. The lowest BCUT2D eigenvalue weighted by Gasteiger charge is -2.19. The molecular weight excluding hydrogens is 414 g/mol. The molecule has 1 saturated heterocycles. The van der Waals surface area contributed by atoms with Crippen molar-refractivity contribution in [2.45, 2.75) is 19.3 Å². The van der Waals surface area contributed by atoms with Crippen LogP contribution < -0.4 is 16.4 Å². The third kappa shape index (κ3) is 4.77. The number of hydrogen-bond donors (Lipinski definition) is 2. The molecule has 1 atom stereocenters. The maximum Gasteiger partial charge on any atom is 0.292 e. The molecule has 3 heterocycles. The first-order valence-electron chi connectivity index (χ1n) is 11.7. The van der Waals surface area contributed by atoms with Crippen LogP contribution in [0.2, 0.25) is 0 Å². The summed E-state index contributed by atoms with van der Waals surface area (Å²) in [7, 11) is 2.14. The second kappa shape index (κ2) is 9.33. The molecule has 0 saturated carbocycles. The monoisotopic (exact) mass is 445 g/mol. The van der Waals surface area contributed by atoms with E-state index in [1.165, 1.54) is 19.3 Å². The van der Waals surface area contributed by atoms with E-state index in [2.05, 4.69) is 38.9 Å². The van der Waals surface area contributed by atoms with Crippen molar-refractivity contribution >= 4 is 34.0 Å². The third-order valence-electron chi connectivity index (χ3n) is 6.54. The molecule has 8 heteroatoms. The van der Waals surface area contributed by atoms with Crippen LogP contribution in [-0.4, -0.2) is 59.6 Å². The molecule has 0 unspecified atom stereocenters. The van der Waals surface area contributed by atoms with Crippen LogP contribution in [0.25, 0.3) is 33.3 Å². The molecule has 0 spiro atoms. The Bertz CT molecular complexity index is 1250. The number of anilines is 2. The highest BCUT2D eigenvalue weighted by Gasteiger charge is 2.23. The van der Waals surface area contributed by atoms with Crippen LogP contribution in [0.5, 0.6) is 0 Å². The molecule has 4 aromatic rings. The first-order valence-corrected chi connectivity index (χ1v) is 11.7. The maximum atomic E-state index is 5.68. The fourth-order valence-corrected chi connectivity index (χ4v) is 4.72. The van der Waals surface area contributed by atoms with Gasteiger partial charge in [-0.1, -0.05) is 12.1 Å². The lowest BCUT2D eigenvalue weighted by molar-refractivity contribution is 0.323. The summed E-state index contributed by atoms with van der Waals surface area (Å²) < 4.78 is 5.39. The zero-order chi connectivity index (χ0) is 22.8. The largest absolute Gasteiger partial charge is 0.424 e. The Morgan fingerprint density at radius 3 is 2.73 bits per heavy atom. The normalized spacial score (nSPS) is 16.5. The van der Waals surface area contributed by atoms with Gasteiger partial charge < -0.3 is 25.7 Å². The molecule has 4 N–H and O–H groups in total. The molecule has 8 nitrogen and oxygen atoms in total. The van der Waals surface area contributed by atoms with Gasteiger partial charge in [0.15, 0.2) is 5.58 Å². The summed E-state index contributed by atoms with van der Waals surface area (Å²) in [6.45, 7) is 4.88. The van der Waals surface area contributed by atoms with E-state index in [0.717, 1.165) is 66.2 Å². The third-order valence-corrected chi connectivity index (χ3v) is 6.54. The van der Waals surface area contributed by atoms with E-state index in [1.807, 2.05) is 30.5 Å². The van der Waals surface area contributed by atoms with E-state index in [1.54, 1.807) is 0 Å². The number of benzene rings is 2. The summed E-state index contributed by atoms with van der Waals surface area (Å²) in [6, 6.07) is 12.3. The fourth-order valence-electron chi connectivity index (χ4n) is 4.72. The van der Waals surface area contributed by atoms with Gasteiger partial charge in [0.25, 0.3) is 6.01 Å². The minimum Gasteiger partial charge on any atom is -0.424 e. The number of rotatable bonds is 8. The van der Waals surface area contributed by atoms with Crippen molar-refractivity contribution in [2.24, 2.45) is 11.7 Å². The van der Waals surface area contributed by atoms with Gasteiger partial charge in [-0.2, -0.15) is 4.98 Å². The van der Waals surface area contributed by atoms with Gasteiger partial charge in [-0.3, -0.25) is 4.98 Å². The molecule has 2 aromatic carbocycles. The van der Waals surface area contributed by atoms with Crippen LogP contribution in [0.1, 0.15) is 19.3 Å². The molecule has 2 aromatic heterocycles. The van der Waals surface area contributed by atoms with Gasteiger partial charge >= 0.3 is 0 Å². The highest BCUT2D eigenvalue weighted by atomic mass is 16.4. The van der Waals surface area contributed by atoms with Gasteiger partial charge in [0.05, 0.1) is 17.2 Å². The molecule has 5 rings (SSSR count). The maximum absolute atomic E-state index is 5.68. The van der Waals surface area contributed by atoms with Crippen molar-refractivity contribution in [3.63, 3.8) is 0 Å². The predicted molar refractivity (Wildman–Crippen MR) is 133 cm³/mol. The quantitative estimate of drug-likeness (QED) is 0.424. The van der Waals surface area contributed by atoms with Crippen LogP contribution in [-0.2, 0) is 0 Å². The topological polar surface area (TPSA) is 110 Å².